The molecule has 0 bridgehead atoms. The molecule has 0 heterocycles. The predicted octanol–water partition coefficient (Wildman–Crippen LogP) is 1.54. The second-order valence-corrected chi connectivity index (χ2v) is 7.52. The van der Waals surface area contributed by atoms with Crippen LogP contribution in [0.4, 0.5) is 5.69 Å². The van der Waals surface area contributed by atoms with E-state index in [4.69, 9.17) is 10.2 Å². The Kier molecular flexibility index (Phi) is 8.08. The van der Waals surface area contributed by atoms with E-state index in [0.717, 1.165) is 7.14 Å². The van der Waals surface area contributed by atoms with Gasteiger partial charge in [0.05, 0.1) is 34.1 Å². The third kappa shape index (κ3) is 5.14. The molecule has 0 aliphatic rings. The van der Waals surface area contributed by atoms with Crippen LogP contribution in [-0.2, 0) is 4.79 Å². The van der Waals surface area contributed by atoms with Gasteiger partial charge < -0.3 is 20.8 Å². The Morgan fingerprint density at radius 3 is 2.24 bits per heavy atom. The Morgan fingerprint density at radius 1 is 1.19 bits per heavy atom. The molecule has 1 rings (SSSR count). The van der Waals surface area contributed by atoms with E-state index < -0.39 is 11.9 Å². The standard InChI is InChI=1S/C12H13I3N2O4/c1-5(20)16-11-8(14)2-7(13)9(10(11)15)12(21)17-6(3-18)4-19/h2,6,18-19H,3-4H2,1H3,(H,16,20)(H,17,21). The summed E-state index contributed by atoms with van der Waals surface area (Å²) in [5, 5.41) is 23.3. The number of benzene rings is 1. The van der Waals surface area contributed by atoms with Crippen molar-refractivity contribution in [2.24, 2.45) is 0 Å². The van der Waals surface area contributed by atoms with Crippen LogP contribution in [0.3, 0.4) is 0 Å². The molecule has 0 aliphatic heterocycles. The summed E-state index contributed by atoms with van der Waals surface area (Å²) < 4.78 is 2.17. The summed E-state index contributed by atoms with van der Waals surface area (Å²) in [4.78, 5) is 23.6. The Labute approximate surface area is 162 Å². The van der Waals surface area contributed by atoms with Gasteiger partial charge in [-0.1, -0.05) is 0 Å². The molecule has 9 heteroatoms. The first kappa shape index (κ1) is 19.3. The minimum Gasteiger partial charge on any atom is -0.394 e. The van der Waals surface area contributed by atoms with Crippen molar-refractivity contribution in [1.82, 2.24) is 5.32 Å². The number of anilines is 1. The highest BCUT2D eigenvalue weighted by Crippen LogP contribution is 2.31. The summed E-state index contributed by atoms with van der Waals surface area (Å²) >= 11 is 6.13. The minimum atomic E-state index is -0.715. The van der Waals surface area contributed by atoms with Crippen LogP contribution in [0, 0.1) is 10.7 Å². The normalized spacial score (nSPS) is 10.6. The predicted molar refractivity (Wildman–Crippen MR) is 104 cm³/mol. The Balaban J connectivity index is 3.23. The van der Waals surface area contributed by atoms with Gasteiger partial charge in [-0.3, -0.25) is 9.59 Å². The summed E-state index contributed by atoms with van der Waals surface area (Å²) in [5.41, 5.74) is 0.992. The number of carbonyl (C=O) groups is 2. The number of aliphatic hydroxyl groups is 2. The highest BCUT2D eigenvalue weighted by molar-refractivity contribution is 14.1. The van der Waals surface area contributed by atoms with Crippen LogP contribution in [0.1, 0.15) is 17.3 Å². The van der Waals surface area contributed by atoms with E-state index >= 15 is 0 Å². The van der Waals surface area contributed by atoms with Crippen LogP contribution in [-0.4, -0.2) is 41.3 Å². The van der Waals surface area contributed by atoms with Gasteiger partial charge >= 0.3 is 0 Å². The van der Waals surface area contributed by atoms with Crippen LogP contribution in [0.2, 0.25) is 0 Å². The average molecular weight is 630 g/mol. The molecule has 2 amide bonds. The summed E-state index contributed by atoms with van der Waals surface area (Å²) in [6.45, 7) is 0.702. The van der Waals surface area contributed by atoms with Crippen LogP contribution in [0.5, 0.6) is 0 Å². The number of hydrogen-bond donors (Lipinski definition) is 4. The van der Waals surface area contributed by atoms with Gasteiger partial charge in [0, 0.05) is 14.1 Å². The van der Waals surface area contributed by atoms with Gasteiger partial charge in [-0.05, 0) is 73.8 Å². The lowest BCUT2D eigenvalue weighted by Crippen LogP contribution is -2.40. The van der Waals surface area contributed by atoms with Crippen molar-refractivity contribution >= 4 is 85.3 Å². The molecule has 0 aliphatic carbocycles. The molecule has 21 heavy (non-hydrogen) atoms. The molecule has 0 saturated carbocycles. The number of rotatable bonds is 5. The van der Waals surface area contributed by atoms with E-state index in [9.17, 15) is 9.59 Å². The average Bonchev–Trinajstić information content (AvgIpc) is 2.40. The number of hydrogen-bond acceptors (Lipinski definition) is 4. The third-order valence-corrected chi connectivity index (χ3v) is 5.25. The smallest absolute Gasteiger partial charge is 0.253 e. The number of halogens is 3. The van der Waals surface area contributed by atoms with Crippen LogP contribution >= 0.6 is 67.8 Å². The van der Waals surface area contributed by atoms with Gasteiger partial charge in [0.2, 0.25) is 5.91 Å². The fourth-order valence-electron chi connectivity index (χ4n) is 1.50. The summed E-state index contributed by atoms with van der Waals surface area (Å²) in [7, 11) is 0. The Bertz CT molecular complexity index is 562. The van der Waals surface area contributed by atoms with E-state index in [-0.39, 0.29) is 19.1 Å². The Hall–Kier alpha value is 0.270. The Morgan fingerprint density at radius 2 is 1.76 bits per heavy atom. The van der Waals surface area contributed by atoms with E-state index in [1.165, 1.54) is 6.92 Å². The second kappa shape index (κ2) is 8.79. The molecule has 1 aromatic carbocycles. The molecule has 1 aromatic rings. The first-order valence-electron chi connectivity index (χ1n) is 5.79. The molecule has 0 aromatic heterocycles. The van der Waals surface area contributed by atoms with Crippen molar-refractivity contribution in [2.45, 2.75) is 13.0 Å². The molecular weight excluding hydrogens is 617 g/mol. The van der Waals surface area contributed by atoms with Crippen LogP contribution in [0.25, 0.3) is 0 Å². The zero-order valence-electron chi connectivity index (χ0n) is 10.9. The maximum absolute atomic E-state index is 12.3. The maximum atomic E-state index is 12.3. The van der Waals surface area contributed by atoms with Crippen LogP contribution in [0.15, 0.2) is 6.07 Å². The SMILES string of the molecule is CC(=O)Nc1c(I)cc(I)c(C(=O)NC(CO)CO)c1I. The summed E-state index contributed by atoms with van der Waals surface area (Å²) in [6, 6.07) is 1.07. The first-order chi connectivity index (χ1) is 9.81. The lowest BCUT2D eigenvalue weighted by Gasteiger charge is -2.17. The van der Waals surface area contributed by atoms with Gasteiger partial charge in [-0.2, -0.15) is 0 Å². The topological polar surface area (TPSA) is 98.7 Å². The lowest BCUT2D eigenvalue weighted by atomic mass is 10.1. The van der Waals surface area contributed by atoms with Gasteiger partial charge in [-0.15, -0.1) is 0 Å². The molecule has 0 atom stereocenters. The monoisotopic (exact) mass is 630 g/mol. The first-order valence-corrected chi connectivity index (χ1v) is 9.03. The molecule has 0 radical (unpaired) electrons. The molecule has 0 spiro atoms. The fraction of sp³-hybridized carbons (Fsp3) is 0.333. The zero-order valence-corrected chi connectivity index (χ0v) is 17.4. The van der Waals surface area contributed by atoms with E-state index in [0.29, 0.717) is 14.8 Å². The molecule has 0 saturated heterocycles. The molecule has 4 N–H and O–H groups in total. The quantitative estimate of drug-likeness (QED) is 0.372. The van der Waals surface area contributed by atoms with Crippen molar-refractivity contribution in [3.63, 3.8) is 0 Å². The number of amides is 2. The van der Waals surface area contributed by atoms with E-state index in [2.05, 4.69) is 33.2 Å². The van der Waals surface area contributed by atoms with Crippen molar-refractivity contribution < 1.29 is 19.8 Å². The molecule has 0 unspecified atom stereocenters. The van der Waals surface area contributed by atoms with E-state index in [1.807, 2.05) is 45.2 Å². The van der Waals surface area contributed by atoms with Gasteiger partial charge in [0.25, 0.3) is 5.91 Å². The second-order valence-electron chi connectivity index (χ2n) is 4.12. The number of nitrogens with one attached hydrogen (secondary N) is 2. The fourth-order valence-corrected chi connectivity index (χ4v) is 5.63. The van der Waals surface area contributed by atoms with Gasteiger partial charge in [-0.25, -0.2) is 0 Å². The van der Waals surface area contributed by atoms with Gasteiger partial charge in [0.15, 0.2) is 0 Å². The van der Waals surface area contributed by atoms with Crippen molar-refractivity contribution in [3.8, 4) is 0 Å². The maximum Gasteiger partial charge on any atom is 0.253 e. The summed E-state index contributed by atoms with van der Waals surface area (Å²) in [5.74, 6) is -0.623. The minimum absolute atomic E-state index is 0.220. The third-order valence-electron chi connectivity index (χ3n) is 2.47. The van der Waals surface area contributed by atoms with Gasteiger partial charge in [0.1, 0.15) is 0 Å². The van der Waals surface area contributed by atoms with Crippen molar-refractivity contribution in [3.05, 3.63) is 22.3 Å². The summed E-state index contributed by atoms with van der Waals surface area (Å²) in [6.07, 6.45) is 0. The highest BCUT2D eigenvalue weighted by Gasteiger charge is 2.22. The molecule has 116 valence electrons. The molecular formula is C12H13I3N2O4. The lowest BCUT2D eigenvalue weighted by molar-refractivity contribution is -0.114. The zero-order chi connectivity index (χ0) is 16.2. The largest absolute Gasteiger partial charge is 0.394 e. The highest BCUT2D eigenvalue weighted by atomic mass is 127. The van der Waals surface area contributed by atoms with E-state index in [1.54, 1.807) is 6.07 Å². The molecule has 0 fully saturated rings. The number of carbonyl (C=O) groups excluding carboxylic acids is 2. The van der Waals surface area contributed by atoms with Crippen molar-refractivity contribution in [2.75, 3.05) is 18.5 Å². The van der Waals surface area contributed by atoms with Crippen molar-refractivity contribution in [1.29, 1.82) is 0 Å². The number of aliphatic hydroxyl groups excluding tert-OH is 2. The van der Waals surface area contributed by atoms with Crippen LogP contribution < -0.4 is 10.6 Å². The molecule has 6 nitrogen and oxygen atoms in total.